The van der Waals surface area contributed by atoms with E-state index in [1.165, 1.54) is 17.2 Å². The van der Waals surface area contributed by atoms with E-state index in [4.69, 9.17) is 20.3 Å². The number of phosphoric ester groups is 1. The lowest BCUT2D eigenvalue weighted by Gasteiger charge is -2.17. The molecule has 0 bridgehead atoms. The molecule has 2 aromatic heterocycles. The van der Waals surface area contributed by atoms with Crippen LogP contribution in [0.4, 0.5) is 5.82 Å². The lowest BCUT2D eigenvalue weighted by atomic mass is 10.2. The largest absolute Gasteiger partial charge is 0.481 e. The molecule has 3 heterocycles. The van der Waals surface area contributed by atoms with Crippen LogP contribution < -0.4 is 5.73 Å². The first-order chi connectivity index (χ1) is 12.5. The number of imidazole rings is 1. The van der Waals surface area contributed by atoms with Gasteiger partial charge in [0, 0.05) is 0 Å². The first-order valence-electron chi connectivity index (χ1n) is 7.17. The van der Waals surface area contributed by atoms with Crippen LogP contribution in [0.1, 0.15) is 6.23 Å². The van der Waals surface area contributed by atoms with Crippen molar-refractivity contribution >= 4 is 45.3 Å². The first-order valence-corrected chi connectivity index (χ1v) is 10.7. The number of nitrogens with zero attached hydrogens (tertiary/aromatic N) is 4. The van der Waals surface area contributed by atoms with E-state index in [1.54, 1.807) is 0 Å². The number of hydrogen-bond acceptors (Lipinski definition) is 11. The van der Waals surface area contributed by atoms with E-state index < -0.39 is 45.9 Å². The standard InChI is InChI=1S/C10H15N5O9P2S/c11-8-5-9(13-2-12-8)15(3-14-5)10-7(27)6(16)4(23-10)1-22-26(20,21)24-25(17,18)19/h2-4,6-7,10,16,27H,1H2,(H,20,21)(H2,11,12,13)(H2,17,18,19)/t4-,6-,7+,10-/m1/s1. The fraction of sp³-hybridized carbons (Fsp3) is 0.500. The molecule has 1 aliphatic rings. The van der Waals surface area contributed by atoms with E-state index in [0.717, 1.165) is 0 Å². The smallest absolute Gasteiger partial charge is 0.389 e. The van der Waals surface area contributed by atoms with Gasteiger partial charge in [-0.05, 0) is 0 Å². The van der Waals surface area contributed by atoms with Crippen molar-refractivity contribution in [3.05, 3.63) is 12.7 Å². The summed E-state index contributed by atoms with van der Waals surface area (Å²) < 4.78 is 37.4. The van der Waals surface area contributed by atoms with Crippen molar-refractivity contribution in [1.82, 2.24) is 19.5 Å². The third-order valence-corrected chi connectivity index (χ3v) is 6.32. The van der Waals surface area contributed by atoms with Crippen LogP contribution in [0.5, 0.6) is 0 Å². The number of nitrogens with two attached hydrogens (primary N) is 1. The molecule has 0 radical (unpaired) electrons. The molecule has 27 heavy (non-hydrogen) atoms. The molecular weight excluding hydrogens is 428 g/mol. The summed E-state index contributed by atoms with van der Waals surface area (Å²) >= 11 is 4.27. The van der Waals surface area contributed by atoms with Crippen molar-refractivity contribution in [2.75, 3.05) is 12.3 Å². The van der Waals surface area contributed by atoms with Crippen LogP contribution in [0, 0.1) is 0 Å². The number of hydrogen-bond donors (Lipinski definition) is 6. The number of fused-ring (bicyclic) bond motifs is 1. The molecule has 1 saturated heterocycles. The number of rotatable bonds is 6. The lowest BCUT2D eigenvalue weighted by Crippen LogP contribution is -2.30. The summed E-state index contributed by atoms with van der Waals surface area (Å²) in [6, 6.07) is 0. The minimum Gasteiger partial charge on any atom is -0.389 e. The summed E-state index contributed by atoms with van der Waals surface area (Å²) in [5, 5.41) is 9.43. The van der Waals surface area contributed by atoms with Gasteiger partial charge in [0.15, 0.2) is 17.7 Å². The Hall–Kier alpha value is -1.12. The minimum absolute atomic E-state index is 0.142. The molecular formula is C10H15N5O9P2S. The molecule has 0 aromatic carbocycles. The summed E-state index contributed by atoms with van der Waals surface area (Å²) in [5.74, 6) is 0.142. The van der Waals surface area contributed by atoms with Crippen molar-refractivity contribution in [2.45, 2.75) is 23.7 Å². The summed E-state index contributed by atoms with van der Waals surface area (Å²) in [5.41, 5.74) is 6.34. The average molecular weight is 443 g/mol. The normalized spacial score (nSPS) is 28.5. The third-order valence-electron chi connectivity index (χ3n) is 3.61. The highest BCUT2D eigenvalue weighted by molar-refractivity contribution is 7.81. The Morgan fingerprint density at radius 2 is 2.00 bits per heavy atom. The molecule has 14 nitrogen and oxygen atoms in total. The van der Waals surface area contributed by atoms with Gasteiger partial charge in [-0.15, -0.1) is 0 Å². The molecule has 1 fully saturated rings. The van der Waals surface area contributed by atoms with Gasteiger partial charge >= 0.3 is 15.6 Å². The highest BCUT2D eigenvalue weighted by Crippen LogP contribution is 2.57. The Kier molecular flexibility index (Phi) is 5.62. The number of aliphatic hydroxyl groups excluding tert-OH is 1. The monoisotopic (exact) mass is 443 g/mol. The number of phosphoric acid groups is 2. The zero-order chi connectivity index (χ0) is 20.0. The second kappa shape index (κ2) is 7.37. The van der Waals surface area contributed by atoms with E-state index in [9.17, 15) is 19.1 Å². The van der Waals surface area contributed by atoms with E-state index >= 15 is 0 Å². The third kappa shape index (κ3) is 4.49. The highest BCUT2D eigenvalue weighted by Gasteiger charge is 2.45. The van der Waals surface area contributed by atoms with Crippen LogP contribution in [0.3, 0.4) is 0 Å². The fourth-order valence-electron chi connectivity index (χ4n) is 2.48. The number of anilines is 1. The Labute approximate surface area is 156 Å². The van der Waals surface area contributed by atoms with E-state index in [0.29, 0.717) is 11.2 Å². The van der Waals surface area contributed by atoms with E-state index in [2.05, 4.69) is 36.4 Å². The number of aromatic nitrogens is 4. The maximum Gasteiger partial charge on any atom is 0.481 e. The van der Waals surface area contributed by atoms with Crippen molar-refractivity contribution in [3.8, 4) is 0 Å². The summed E-state index contributed by atoms with van der Waals surface area (Å²) in [4.78, 5) is 38.4. The number of aliphatic hydroxyl groups is 1. The zero-order valence-electron chi connectivity index (χ0n) is 13.2. The van der Waals surface area contributed by atoms with Crippen LogP contribution in [0.2, 0.25) is 0 Å². The maximum atomic E-state index is 11.5. The topological polar surface area (TPSA) is 212 Å². The molecule has 3 rings (SSSR count). The molecule has 6 N–H and O–H groups in total. The second-order valence-corrected chi connectivity index (χ2v) is 8.89. The van der Waals surface area contributed by atoms with Gasteiger partial charge in [0.25, 0.3) is 0 Å². The van der Waals surface area contributed by atoms with Crippen LogP contribution in [-0.4, -0.2) is 63.4 Å². The van der Waals surface area contributed by atoms with Crippen molar-refractivity contribution < 1.29 is 42.5 Å². The van der Waals surface area contributed by atoms with Crippen LogP contribution in [0.25, 0.3) is 11.2 Å². The molecule has 17 heteroatoms. The summed E-state index contributed by atoms with van der Waals surface area (Å²) in [7, 11) is -10.3. The molecule has 0 spiro atoms. The molecule has 150 valence electrons. The number of ether oxygens (including phenoxy) is 1. The van der Waals surface area contributed by atoms with Crippen molar-refractivity contribution in [2.24, 2.45) is 0 Å². The summed E-state index contributed by atoms with van der Waals surface area (Å²) in [6.07, 6.45) is -0.735. The van der Waals surface area contributed by atoms with Gasteiger partial charge in [0.1, 0.15) is 17.9 Å². The van der Waals surface area contributed by atoms with Crippen molar-refractivity contribution in [1.29, 1.82) is 0 Å². The maximum absolute atomic E-state index is 11.5. The molecule has 0 aliphatic carbocycles. The number of nitrogen functional groups attached to an aromatic ring is 1. The van der Waals surface area contributed by atoms with E-state index in [1.807, 2.05) is 0 Å². The first kappa shape index (κ1) is 20.6. The van der Waals surface area contributed by atoms with E-state index in [-0.39, 0.29) is 5.82 Å². The zero-order valence-corrected chi connectivity index (χ0v) is 15.9. The Balaban J connectivity index is 1.75. The molecule has 0 amide bonds. The number of thiol groups is 1. The van der Waals surface area contributed by atoms with Gasteiger partial charge in [-0.25, -0.2) is 24.1 Å². The van der Waals surface area contributed by atoms with Gasteiger partial charge in [0.2, 0.25) is 0 Å². The molecule has 1 aliphatic heterocycles. The van der Waals surface area contributed by atoms with Gasteiger partial charge in [-0.2, -0.15) is 16.9 Å². The summed E-state index contributed by atoms with van der Waals surface area (Å²) in [6.45, 7) is -0.702. The predicted octanol–water partition coefficient (Wildman–Crippen LogP) is -0.809. The van der Waals surface area contributed by atoms with Crippen LogP contribution in [-0.2, 0) is 22.7 Å². The Morgan fingerprint density at radius 3 is 2.67 bits per heavy atom. The molecule has 0 saturated carbocycles. The Morgan fingerprint density at radius 1 is 1.30 bits per heavy atom. The fourth-order valence-corrected chi connectivity index (χ4v) is 4.48. The lowest BCUT2D eigenvalue weighted by molar-refractivity contribution is -0.0421. The van der Waals surface area contributed by atoms with Crippen LogP contribution in [0.15, 0.2) is 12.7 Å². The molecule has 5 atom stereocenters. The van der Waals surface area contributed by atoms with Gasteiger partial charge in [-0.1, -0.05) is 0 Å². The molecule has 2 aromatic rings. The second-order valence-electron chi connectivity index (χ2n) is 5.47. The Bertz CT molecular complexity index is 937. The van der Waals surface area contributed by atoms with Gasteiger partial charge < -0.3 is 30.3 Å². The SMILES string of the molecule is Nc1ncnc2c1ncn2[C@@H]1O[C@H](COP(=O)(O)OP(=O)(O)O)[C@@H](O)[C@@H]1S. The predicted molar refractivity (Wildman–Crippen MR) is 91.3 cm³/mol. The molecule has 1 unspecified atom stereocenters. The minimum atomic E-state index is -5.25. The van der Waals surface area contributed by atoms with Crippen molar-refractivity contribution in [3.63, 3.8) is 0 Å². The van der Waals surface area contributed by atoms with Gasteiger partial charge in [-0.3, -0.25) is 9.09 Å². The van der Waals surface area contributed by atoms with Gasteiger partial charge in [0.05, 0.1) is 24.3 Å². The van der Waals surface area contributed by atoms with Crippen LogP contribution >= 0.6 is 28.3 Å². The quantitative estimate of drug-likeness (QED) is 0.238. The average Bonchev–Trinajstić information content (AvgIpc) is 3.07. The highest BCUT2D eigenvalue weighted by atomic mass is 32.1.